The second kappa shape index (κ2) is 14.8. The fraction of sp³-hybridized carbons (Fsp3) is 0.0938. The van der Waals surface area contributed by atoms with Crippen LogP contribution < -0.4 is 0 Å². The normalized spacial score (nSPS) is 14.4. The molecular formula is C64H45N3O. The van der Waals surface area contributed by atoms with Crippen LogP contribution in [-0.2, 0) is 11.8 Å². The zero-order valence-electron chi connectivity index (χ0n) is 37.9. The Morgan fingerprint density at radius 3 is 2.06 bits per heavy atom. The molecule has 0 amide bonds. The van der Waals surface area contributed by atoms with Crippen molar-refractivity contribution in [3.63, 3.8) is 0 Å². The van der Waals surface area contributed by atoms with Crippen LogP contribution in [0, 0.1) is 0 Å². The first-order valence-corrected chi connectivity index (χ1v) is 23.8. The Bertz CT molecular complexity index is 4010. The zero-order valence-corrected chi connectivity index (χ0v) is 37.9. The van der Waals surface area contributed by atoms with Gasteiger partial charge in [-0.3, -0.25) is 0 Å². The second-order valence-corrected chi connectivity index (χ2v) is 19.2. The van der Waals surface area contributed by atoms with Gasteiger partial charge in [-0.25, -0.2) is 4.98 Å². The van der Waals surface area contributed by atoms with Crippen LogP contribution in [0.25, 0.3) is 106 Å². The molecule has 0 fully saturated rings. The Hall–Kier alpha value is -8.34. The Labute approximate surface area is 394 Å². The van der Waals surface area contributed by atoms with Crippen LogP contribution in [0.15, 0.2) is 211 Å². The lowest BCUT2D eigenvalue weighted by molar-refractivity contribution is 0.653. The maximum atomic E-state index is 6.71. The minimum absolute atomic E-state index is 0.139. The zero-order chi connectivity index (χ0) is 45.1. The van der Waals surface area contributed by atoms with Crippen molar-refractivity contribution in [3.8, 4) is 61.7 Å². The molecule has 0 N–H and O–H groups in total. The highest BCUT2D eigenvalue weighted by Gasteiger charge is 2.36. The van der Waals surface area contributed by atoms with Gasteiger partial charge in [0.05, 0.1) is 22.1 Å². The van der Waals surface area contributed by atoms with E-state index in [9.17, 15) is 0 Å². The maximum absolute atomic E-state index is 6.71. The van der Waals surface area contributed by atoms with Gasteiger partial charge in [-0.1, -0.05) is 172 Å². The molecule has 1 unspecified atom stereocenters. The number of rotatable bonds is 7. The highest BCUT2D eigenvalue weighted by Crippen LogP contribution is 2.51. The van der Waals surface area contributed by atoms with Gasteiger partial charge in [-0.15, -0.1) is 0 Å². The molecule has 322 valence electrons. The van der Waals surface area contributed by atoms with Crippen LogP contribution in [0.1, 0.15) is 54.0 Å². The molecule has 0 bridgehead atoms. The Balaban J connectivity index is 0.878. The molecule has 3 aromatic heterocycles. The molecule has 0 saturated carbocycles. The maximum Gasteiger partial charge on any atom is 0.231 e. The monoisotopic (exact) mass is 871 g/mol. The minimum Gasteiger partial charge on any atom is -0.438 e. The third-order valence-corrected chi connectivity index (χ3v) is 15.1. The lowest BCUT2D eigenvalue weighted by Gasteiger charge is -2.21. The summed E-state index contributed by atoms with van der Waals surface area (Å²) in [6, 6.07) is 75.2. The molecule has 4 heteroatoms. The van der Waals surface area contributed by atoms with Crippen molar-refractivity contribution in [2.45, 2.75) is 38.0 Å². The lowest BCUT2D eigenvalue weighted by atomic mass is 9.82. The largest absolute Gasteiger partial charge is 0.438 e. The lowest BCUT2D eigenvalue weighted by Crippen LogP contribution is -2.15. The molecule has 3 heterocycles. The van der Waals surface area contributed by atoms with Crippen molar-refractivity contribution >= 4 is 43.9 Å². The molecule has 9 aromatic carbocycles. The summed E-state index contributed by atoms with van der Waals surface area (Å²) < 4.78 is 9.10. The molecule has 0 spiro atoms. The van der Waals surface area contributed by atoms with Gasteiger partial charge in [-0.05, 0) is 123 Å². The average Bonchev–Trinajstić information content (AvgIpc) is 4.10. The molecule has 1 atom stereocenters. The fourth-order valence-electron chi connectivity index (χ4n) is 11.8. The standard InChI is InChI=1S/C64H45N3O/c1-64(2)55-23-13-11-21-49(55)50-32-27-43(37-56(50)64)62-65-61(40-17-7-4-8-18-40)60-54-38-44(29-34-59(54)68-63(60)66-62)67-57-24-14-12-22-51(57)53-36-42(28-33-58(53)67)41-26-31-48-47(30-25-39-15-5-3-6-16-39)45-19-9-10-20-46(45)52(48)35-41/h3-24,26-29,31-38,47H,25,30H2,1-2H3. The number of aryl methyl sites for hydroxylation is 1. The van der Waals surface area contributed by atoms with Gasteiger partial charge < -0.3 is 8.98 Å². The smallest absolute Gasteiger partial charge is 0.231 e. The van der Waals surface area contributed by atoms with Crippen LogP contribution in [-0.4, -0.2) is 14.5 Å². The van der Waals surface area contributed by atoms with Crippen molar-refractivity contribution in [1.82, 2.24) is 14.5 Å². The number of furan rings is 1. The minimum atomic E-state index is -0.139. The van der Waals surface area contributed by atoms with Crippen LogP contribution in [0.2, 0.25) is 0 Å². The van der Waals surface area contributed by atoms with Crippen LogP contribution >= 0.6 is 0 Å². The van der Waals surface area contributed by atoms with Gasteiger partial charge in [0.25, 0.3) is 0 Å². The summed E-state index contributed by atoms with van der Waals surface area (Å²) in [5, 5.41) is 4.33. The molecule has 0 saturated heterocycles. The van der Waals surface area contributed by atoms with Gasteiger partial charge in [-0.2, -0.15) is 4.98 Å². The molecule has 2 aliphatic carbocycles. The Kier molecular flexibility index (Phi) is 8.48. The number of hydrogen-bond donors (Lipinski definition) is 0. The predicted molar refractivity (Wildman–Crippen MR) is 280 cm³/mol. The van der Waals surface area contributed by atoms with E-state index in [0.717, 1.165) is 62.7 Å². The topological polar surface area (TPSA) is 43.9 Å². The van der Waals surface area contributed by atoms with Gasteiger partial charge in [0.1, 0.15) is 5.58 Å². The molecule has 0 aliphatic heterocycles. The van der Waals surface area contributed by atoms with E-state index < -0.39 is 0 Å². The summed E-state index contributed by atoms with van der Waals surface area (Å²) in [6.07, 6.45) is 2.14. The SMILES string of the molecule is CC1(C)c2ccccc2-c2ccc(-c3nc(-c4ccccc4)c4c(n3)oc3ccc(-n5c6ccccc6c6cc(-c7ccc8c(c7)-c7ccccc7C8CCc7ccccc7)ccc65)cc34)cc21. The van der Waals surface area contributed by atoms with E-state index in [0.29, 0.717) is 17.5 Å². The molecule has 14 rings (SSSR count). The van der Waals surface area contributed by atoms with Crippen LogP contribution in [0.5, 0.6) is 0 Å². The van der Waals surface area contributed by atoms with Gasteiger partial charge >= 0.3 is 0 Å². The third-order valence-electron chi connectivity index (χ3n) is 15.1. The number of hydrogen-bond acceptors (Lipinski definition) is 3. The van der Waals surface area contributed by atoms with E-state index in [-0.39, 0.29) is 5.41 Å². The molecule has 12 aromatic rings. The summed E-state index contributed by atoms with van der Waals surface area (Å²) in [7, 11) is 0. The number of para-hydroxylation sites is 1. The highest BCUT2D eigenvalue weighted by molar-refractivity contribution is 6.13. The van der Waals surface area contributed by atoms with E-state index in [1.165, 1.54) is 72.0 Å². The van der Waals surface area contributed by atoms with E-state index >= 15 is 0 Å². The summed E-state index contributed by atoms with van der Waals surface area (Å²) >= 11 is 0. The summed E-state index contributed by atoms with van der Waals surface area (Å²) in [5.41, 5.74) is 22.0. The van der Waals surface area contributed by atoms with E-state index in [1.807, 2.05) is 0 Å². The van der Waals surface area contributed by atoms with Gasteiger partial charge in [0.2, 0.25) is 5.71 Å². The first kappa shape index (κ1) is 38.9. The molecular weight excluding hydrogens is 827 g/mol. The molecule has 4 nitrogen and oxygen atoms in total. The Morgan fingerprint density at radius 1 is 0.485 bits per heavy atom. The van der Waals surface area contributed by atoms with Crippen molar-refractivity contribution in [2.24, 2.45) is 0 Å². The second-order valence-electron chi connectivity index (χ2n) is 19.2. The third kappa shape index (κ3) is 5.86. The van der Waals surface area contributed by atoms with E-state index in [2.05, 4.69) is 225 Å². The predicted octanol–water partition coefficient (Wildman–Crippen LogP) is 16.5. The van der Waals surface area contributed by atoms with Crippen molar-refractivity contribution in [2.75, 3.05) is 0 Å². The van der Waals surface area contributed by atoms with E-state index in [1.54, 1.807) is 0 Å². The fourth-order valence-corrected chi connectivity index (χ4v) is 11.8. The number of nitrogens with zero attached hydrogens (tertiary/aromatic N) is 3. The first-order valence-electron chi connectivity index (χ1n) is 23.8. The van der Waals surface area contributed by atoms with Crippen LogP contribution in [0.3, 0.4) is 0 Å². The van der Waals surface area contributed by atoms with Gasteiger partial charge in [0, 0.05) is 44.3 Å². The van der Waals surface area contributed by atoms with Crippen molar-refractivity contribution in [3.05, 3.63) is 234 Å². The van der Waals surface area contributed by atoms with Crippen LogP contribution in [0.4, 0.5) is 0 Å². The molecule has 2 aliphatic rings. The summed E-state index contributed by atoms with van der Waals surface area (Å²) in [6.45, 7) is 4.62. The number of aromatic nitrogens is 3. The average molecular weight is 872 g/mol. The summed E-state index contributed by atoms with van der Waals surface area (Å²) in [5.74, 6) is 1.04. The summed E-state index contributed by atoms with van der Waals surface area (Å²) in [4.78, 5) is 10.6. The van der Waals surface area contributed by atoms with Crippen molar-refractivity contribution in [1.29, 1.82) is 0 Å². The Morgan fingerprint density at radius 2 is 1.18 bits per heavy atom. The first-order chi connectivity index (χ1) is 33.5. The highest BCUT2D eigenvalue weighted by atomic mass is 16.3. The molecule has 0 radical (unpaired) electrons. The number of fused-ring (bicyclic) bond motifs is 12. The number of benzene rings is 9. The molecule has 68 heavy (non-hydrogen) atoms. The van der Waals surface area contributed by atoms with Gasteiger partial charge in [0.15, 0.2) is 5.82 Å². The quantitative estimate of drug-likeness (QED) is 0.160. The van der Waals surface area contributed by atoms with Crippen molar-refractivity contribution < 1.29 is 4.42 Å². The van der Waals surface area contributed by atoms with E-state index in [4.69, 9.17) is 14.4 Å².